The van der Waals surface area contributed by atoms with Gasteiger partial charge in [-0.1, -0.05) is 24.3 Å². The van der Waals surface area contributed by atoms with E-state index in [0.29, 0.717) is 31.5 Å². The minimum absolute atomic E-state index is 0.0489. The smallest absolute Gasteiger partial charge is 0.223 e. The molecule has 1 amide bonds. The van der Waals surface area contributed by atoms with Crippen LogP contribution in [0.5, 0.6) is 0 Å². The minimum atomic E-state index is -0.554. The first-order valence-electron chi connectivity index (χ1n) is 7.40. The van der Waals surface area contributed by atoms with Crippen LogP contribution in [0.15, 0.2) is 29.4 Å². The van der Waals surface area contributed by atoms with Gasteiger partial charge in [-0.05, 0) is 18.4 Å². The van der Waals surface area contributed by atoms with E-state index in [0.717, 1.165) is 5.56 Å². The van der Waals surface area contributed by atoms with E-state index in [-0.39, 0.29) is 24.5 Å². The first-order chi connectivity index (χ1) is 10.6. The van der Waals surface area contributed by atoms with E-state index >= 15 is 0 Å². The number of rotatable bonds is 5. The summed E-state index contributed by atoms with van der Waals surface area (Å²) in [5.41, 5.74) is 1.39. The number of Topliss-reactive ketones (excluding diaryl/α,β-unsaturated/α-hetero) is 1. The van der Waals surface area contributed by atoms with Crippen molar-refractivity contribution in [1.29, 1.82) is 0 Å². The van der Waals surface area contributed by atoms with E-state index in [2.05, 4.69) is 5.10 Å². The van der Waals surface area contributed by atoms with Crippen molar-refractivity contribution in [3.05, 3.63) is 35.4 Å². The number of amides is 1. The zero-order valence-corrected chi connectivity index (χ0v) is 12.4. The molecule has 6 heteroatoms. The van der Waals surface area contributed by atoms with Crippen LogP contribution >= 0.6 is 0 Å². The van der Waals surface area contributed by atoms with Crippen molar-refractivity contribution < 1.29 is 14.7 Å². The average molecular weight is 302 g/mol. The summed E-state index contributed by atoms with van der Waals surface area (Å²) < 4.78 is 0. The molecule has 117 valence electrons. The molecule has 1 radical (unpaired) electrons. The standard InChI is InChI=1S/C16H20N3O3/c17-18-11-12-1-3-13(4-2-12)15(21)5-6-16(22)19-9-7-14(20)8-10-19/h1-4,11,14H,5-10,17H2. The maximum absolute atomic E-state index is 12.1. The lowest BCUT2D eigenvalue weighted by molar-refractivity contribution is -0.133. The molecule has 1 fully saturated rings. The first-order valence-corrected chi connectivity index (χ1v) is 7.40. The summed E-state index contributed by atoms with van der Waals surface area (Å²) in [5, 5.41) is 14.6. The molecule has 0 unspecified atom stereocenters. The first kappa shape index (κ1) is 16.2. The van der Waals surface area contributed by atoms with Crippen molar-refractivity contribution in [1.82, 2.24) is 4.90 Å². The molecule has 1 aromatic carbocycles. The van der Waals surface area contributed by atoms with E-state index in [1.807, 2.05) is 0 Å². The van der Waals surface area contributed by atoms with E-state index in [9.17, 15) is 14.7 Å². The predicted octanol–water partition coefficient (Wildman–Crippen LogP) is 1.36. The Morgan fingerprint density at radius 2 is 1.82 bits per heavy atom. The third-order valence-electron chi connectivity index (χ3n) is 3.82. The zero-order chi connectivity index (χ0) is 15.9. The molecular formula is C16H20N3O3. The van der Waals surface area contributed by atoms with Crippen LogP contribution < -0.4 is 5.84 Å². The molecule has 2 rings (SSSR count). The summed E-state index contributed by atoms with van der Waals surface area (Å²) in [6.07, 6.45) is 2.32. The number of likely N-dealkylation sites (tertiary alicyclic amines) is 1. The van der Waals surface area contributed by atoms with E-state index in [4.69, 9.17) is 5.84 Å². The van der Waals surface area contributed by atoms with Crippen molar-refractivity contribution in [2.75, 3.05) is 13.1 Å². The third kappa shape index (κ3) is 4.39. The second-order valence-electron chi connectivity index (χ2n) is 5.40. The van der Waals surface area contributed by atoms with Crippen molar-refractivity contribution >= 4 is 17.9 Å². The monoisotopic (exact) mass is 302 g/mol. The fraction of sp³-hybridized carbons (Fsp3) is 0.438. The van der Waals surface area contributed by atoms with Gasteiger partial charge in [-0.15, -0.1) is 0 Å². The van der Waals surface area contributed by atoms with E-state index < -0.39 is 6.10 Å². The molecule has 1 heterocycles. The normalized spacial score (nSPS) is 16.1. The number of ketones is 1. The summed E-state index contributed by atoms with van der Waals surface area (Å²) in [6, 6.07) is 6.91. The van der Waals surface area contributed by atoms with Gasteiger partial charge in [0.05, 0.1) is 12.3 Å². The summed E-state index contributed by atoms with van der Waals surface area (Å²) in [7, 11) is 0. The molecule has 0 aliphatic carbocycles. The number of carbonyl (C=O) groups excluding carboxylic acids is 2. The van der Waals surface area contributed by atoms with Gasteiger partial charge in [0.25, 0.3) is 0 Å². The predicted molar refractivity (Wildman–Crippen MR) is 82.1 cm³/mol. The quantitative estimate of drug-likeness (QED) is 0.385. The van der Waals surface area contributed by atoms with Gasteiger partial charge in [0.1, 0.15) is 0 Å². The summed E-state index contributed by atoms with van der Waals surface area (Å²) >= 11 is 0. The molecule has 0 saturated carbocycles. The number of nitrogens with two attached hydrogens (primary N) is 1. The molecule has 1 saturated heterocycles. The fourth-order valence-corrected chi connectivity index (χ4v) is 2.47. The van der Waals surface area contributed by atoms with E-state index in [1.54, 1.807) is 29.2 Å². The Morgan fingerprint density at radius 3 is 2.41 bits per heavy atom. The van der Waals surface area contributed by atoms with Crippen LogP contribution in [-0.2, 0) is 9.90 Å². The van der Waals surface area contributed by atoms with Gasteiger partial charge < -0.3 is 10.7 Å². The largest absolute Gasteiger partial charge is 0.342 e. The summed E-state index contributed by atoms with van der Waals surface area (Å²) in [5.74, 6) is 4.94. The third-order valence-corrected chi connectivity index (χ3v) is 3.82. The Hall–Kier alpha value is -2.21. The van der Waals surface area contributed by atoms with Crippen LogP contribution in [0.1, 0.15) is 41.6 Å². The van der Waals surface area contributed by atoms with Gasteiger partial charge in [-0.3, -0.25) is 9.59 Å². The lowest BCUT2D eigenvalue weighted by Gasteiger charge is -2.28. The number of nitrogens with zero attached hydrogens (tertiary/aromatic N) is 2. The van der Waals surface area contributed by atoms with Crippen LogP contribution in [0.25, 0.3) is 0 Å². The number of hydrogen-bond acceptors (Lipinski definition) is 4. The fourth-order valence-electron chi connectivity index (χ4n) is 2.47. The second kappa shape index (κ2) is 7.70. The van der Waals surface area contributed by atoms with Gasteiger partial charge in [-0.25, -0.2) is 5.11 Å². The highest BCUT2D eigenvalue weighted by atomic mass is 16.3. The Bertz CT molecular complexity index is 546. The maximum atomic E-state index is 12.1. The molecule has 0 spiro atoms. The summed E-state index contributed by atoms with van der Waals surface area (Å²) in [6.45, 7) is 1.02. The molecule has 2 N–H and O–H groups in total. The zero-order valence-electron chi connectivity index (χ0n) is 12.4. The SMILES string of the molecule is NN=Cc1ccc(C(=O)CCC(=O)N2CCC([O])CC2)cc1. The Labute approximate surface area is 129 Å². The summed E-state index contributed by atoms with van der Waals surface area (Å²) in [4.78, 5) is 25.8. The molecule has 0 atom stereocenters. The number of hydrogen-bond donors (Lipinski definition) is 1. The van der Waals surface area contributed by atoms with Gasteiger partial charge >= 0.3 is 0 Å². The van der Waals surface area contributed by atoms with Gasteiger partial charge in [0.2, 0.25) is 5.91 Å². The highest BCUT2D eigenvalue weighted by molar-refractivity contribution is 5.98. The van der Waals surface area contributed by atoms with Crippen LogP contribution in [0.4, 0.5) is 0 Å². The minimum Gasteiger partial charge on any atom is -0.342 e. The van der Waals surface area contributed by atoms with Crippen LogP contribution in [0.2, 0.25) is 0 Å². The van der Waals surface area contributed by atoms with Crippen molar-refractivity contribution in [2.45, 2.75) is 31.8 Å². The van der Waals surface area contributed by atoms with Gasteiger partial charge in [-0.2, -0.15) is 5.10 Å². The molecule has 1 aromatic rings. The number of benzene rings is 1. The topological polar surface area (TPSA) is 95.7 Å². The number of carbonyl (C=O) groups is 2. The van der Waals surface area contributed by atoms with Crippen molar-refractivity contribution in [3.8, 4) is 0 Å². The van der Waals surface area contributed by atoms with Crippen molar-refractivity contribution in [3.63, 3.8) is 0 Å². The van der Waals surface area contributed by atoms with E-state index in [1.165, 1.54) is 6.21 Å². The molecule has 1 aliphatic rings. The average Bonchev–Trinajstić information content (AvgIpc) is 2.54. The van der Waals surface area contributed by atoms with Crippen LogP contribution in [-0.4, -0.2) is 42.0 Å². The molecular weight excluding hydrogens is 282 g/mol. The van der Waals surface area contributed by atoms with Crippen molar-refractivity contribution in [2.24, 2.45) is 10.9 Å². The lowest BCUT2D eigenvalue weighted by atomic mass is 10.0. The Morgan fingerprint density at radius 1 is 1.18 bits per heavy atom. The van der Waals surface area contributed by atoms with Gasteiger partial charge in [0, 0.05) is 31.5 Å². The molecule has 22 heavy (non-hydrogen) atoms. The Kier molecular flexibility index (Phi) is 5.66. The number of hydrazone groups is 1. The highest BCUT2D eigenvalue weighted by Gasteiger charge is 2.22. The maximum Gasteiger partial charge on any atom is 0.223 e. The molecule has 0 aromatic heterocycles. The molecule has 1 aliphatic heterocycles. The van der Waals surface area contributed by atoms with Crippen LogP contribution in [0.3, 0.4) is 0 Å². The Balaban J connectivity index is 1.83. The highest BCUT2D eigenvalue weighted by Crippen LogP contribution is 2.13. The molecule has 0 bridgehead atoms. The van der Waals surface area contributed by atoms with Gasteiger partial charge in [0.15, 0.2) is 5.78 Å². The molecule has 6 nitrogen and oxygen atoms in total. The number of piperidine rings is 1. The lowest BCUT2D eigenvalue weighted by Crippen LogP contribution is -2.39. The second-order valence-corrected chi connectivity index (χ2v) is 5.40. The van der Waals surface area contributed by atoms with Crippen LogP contribution in [0, 0.1) is 0 Å².